The molecule has 0 radical (unpaired) electrons. The summed E-state index contributed by atoms with van der Waals surface area (Å²) in [6.45, 7) is 6.06. The summed E-state index contributed by atoms with van der Waals surface area (Å²) >= 11 is 1.81. The molecule has 0 bridgehead atoms. The summed E-state index contributed by atoms with van der Waals surface area (Å²) < 4.78 is 5.40. The van der Waals surface area contributed by atoms with Crippen LogP contribution in [0.2, 0.25) is 0 Å². The average Bonchev–Trinajstić information content (AvgIpc) is 3.36. The van der Waals surface area contributed by atoms with E-state index in [4.69, 9.17) is 9.41 Å². The zero-order valence-corrected chi connectivity index (χ0v) is 19.0. The van der Waals surface area contributed by atoms with Gasteiger partial charge in [-0.15, -0.1) is 35.3 Å². The van der Waals surface area contributed by atoms with Gasteiger partial charge in [-0.2, -0.15) is 0 Å². The monoisotopic (exact) mass is 502 g/mol. The van der Waals surface area contributed by atoms with Crippen LogP contribution in [0.25, 0.3) is 0 Å². The van der Waals surface area contributed by atoms with Crippen LogP contribution in [0.3, 0.4) is 0 Å². The molecule has 2 aromatic rings. The third-order valence-electron chi connectivity index (χ3n) is 4.62. The lowest BCUT2D eigenvalue weighted by atomic mass is 10.1. The van der Waals surface area contributed by atoms with Crippen LogP contribution in [0.1, 0.15) is 29.9 Å². The molecule has 0 aromatic carbocycles. The van der Waals surface area contributed by atoms with Crippen molar-refractivity contribution < 1.29 is 4.42 Å². The van der Waals surface area contributed by atoms with E-state index in [1.54, 1.807) is 6.26 Å². The molecule has 0 amide bonds. The van der Waals surface area contributed by atoms with Crippen LogP contribution >= 0.6 is 35.3 Å². The molecule has 1 saturated heterocycles. The Labute approximate surface area is 183 Å². The third kappa shape index (κ3) is 8.66. The standard InChI is InChI=1S/C20H30N4OS.HI/c1-2-13-24(14-3-1)15-12-23-20(21-10-8-18-6-4-16-25-18)22-11-9-19-7-5-17-26-19;/h4-7,16-17H,1-3,8-15H2,(H2,21,22,23);1H. The van der Waals surface area contributed by atoms with E-state index in [1.165, 1.54) is 37.2 Å². The smallest absolute Gasteiger partial charge is 0.191 e. The van der Waals surface area contributed by atoms with Gasteiger partial charge in [0, 0.05) is 30.9 Å². The van der Waals surface area contributed by atoms with Gasteiger partial charge in [0.15, 0.2) is 5.96 Å². The number of hydrogen-bond donors (Lipinski definition) is 2. The van der Waals surface area contributed by atoms with E-state index in [2.05, 4.69) is 33.0 Å². The first-order valence-electron chi connectivity index (χ1n) is 9.69. The number of rotatable bonds is 9. The molecule has 2 aromatic heterocycles. The first-order chi connectivity index (χ1) is 12.9. The SMILES string of the molecule is I.c1coc(CCNC(=NCCN2CCCCC2)NCCc2cccs2)c1. The summed E-state index contributed by atoms with van der Waals surface area (Å²) in [7, 11) is 0. The van der Waals surface area contributed by atoms with Crippen molar-refractivity contribution in [2.45, 2.75) is 32.1 Å². The van der Waals surface area contributed by atoms with Crippen molar-refractivity contribution in [1.29, 1.82) is 0 Å². The molecule has 3 rings (SSSR count). The topological polar surface area (TPSA) is 52.8 Å². The molecule has 7 heteroatoms. The molecule has 0 unspecified atom stereocenters. The zero-order chi connectivity index (χ0) is 17.9. The van der Waals surface area contributed by atoms with Crippen molar-refractivity contribution >= 4 is 41.3 Å². The van der Waals surface area contributed by atoms with Crippen LogP contribution in [0.15, 0.2) is 45.3 Å². The molecule has 0 aliphatic carbocycles. The number of aliphatic imine (C=N–C) groups is 1. The lowest BCUT2D eigenvalue weighted by molar-refractivity contribution is 0.235. The molecule has 5 nitrogen and oxygen atoms in total. The number of piperidine rings is 1. The van der Waals surface area contributed by atoms with Gasteiger partial charge in [0.05, 0.1) is 12.8 Å². The van der Waals surface area contributed by atoms with E-state index in [1.807, 2.05) is 23.5 Å². The van der Waals surface area contributed by atoms with Crippen molar-refractivity contribution in [3.8, 4) is 0 Å². The second-order valence-electron chi connectivity index (χ2n) is 6.64. The second kappa shape index (κ2) is 13.2. The number of nitrogens with one attached hydrogen (secondary N) is 2. The summed E-state index contributed by atoms with van der Waals surface area (Å²) in [6, 6.07) is 8.24. The van der Waals surface area contributed by atoms with Crippen LogP contribution in [0, 0.1) is 0 Å². The molecule has 3 heterocycles. The van der Waals surface area contributed by atoms with Gasteiger partial charge < -0.3 is 20.0 Å². The molecule has 0 spiro atoms. The molecule has 27 heavy (non-hydrogen) atoms. The highest BCUT2D eigenvalue weighted by Gasteiger charge is 2.09. The first kappa shape index (κ1) is 22.2. The average molecular weight is 502 g/mol. The lowest BCUT2D eigenvalue weighted by Gasteiger charge is -2.25. The Morgan fingerprint density at radius 1 is 1.07 bits per heavy atom. The Balaban J connectivity index is 0.00000261. The summed E-state index contributed by atoms with van der Waals surface area (Å²) in [4.78, 5) is 8.71. The fourth-order valence-corrected chi connectivity index (χ4v) is 3.89. The van der Waals surface area contributed by atoms with E-state index in [9.17, 15) is 0 Å². The summed E-state index contributed by atoms with van der Waals surface area (Å²) in [5, 5.41) is 9.04. The Morgan fingerprint density at radius 3 is 2.59 bits per heavy atom. The minimum Gasteiger partial charge on any atom is -0.469 e. The quantitative estimate of drug-likeness (QED) is 0.312. The maximum atomic E-state index is 5.40. The molecule has 0 atom stereocenters. The predicted molar refractivity (Wildman–Crippen MR) is 124 cm³/mol. The summed E-state index contributed by atoms with van der Waals surface area (Å²) in [5.41, 5.74) is 0. The van der Waals surface area contributed by atoms with Crippen LogP contribution in [-0.2, 0) is 12.8 Å². The van der Waals surface area contributed by atoms with Crippen LogP contribution < -0.4 is 10.6 Å². The highest BCUT2D eigenvalue weighted by molar-refractivity contribution is 14.0. The number of furan rings is 1. The van der Waals surface area contributed by atoms with Gasteiger partial charge in [0.25, 0.3) is 0 Å². The Bertz CT molecular complexity index is 582. The van der Waals surface area contributed by atoms with Crippen molar-refractivity contribution in [2.24, 2.45) is 4.99 Å². The van der Waals surface area contributed by atoms with Crippen LogP contribution in [-0.4, -0.2) is 50.1 Å². The summed E-state index contributed by atoms with van der Waals surface area (Å²) in [5.74, 6) is 1.91. The molecule has 1 aliphatic heterocycles. The highest BCUT2D eigenvalue weighted by atomic mass is 127. The molecule has 2 N–H and O–H groups in total. The molecule has 1 fully saturated rings. The fourth-order valence-electron chi connectivity index (χ4n) is 3.18. The minimum atomic E-state index is 0. The molecular weight excluding hydrogens is 471 g/mol. The van der Waals surface area contributed by atoms with E-state index in [0.717, 1.165) is 50.7 Å². The minimum absolute atomic E-state index is 0. The third-order valence-corrected chi connectivity index (χ3v) is 5.56. The van der Waals surface area contributed by atoms with Gasteiger partial charge in [-0.3, -0.25) is 4.99 Å². The van der Waals surface area contributed by atoms with Gasteiger partial charge in [-0.25, -0.2) is 0 Å². The van der Waals surface area contributed by atoms with Crippen molar-refractivity contribution in [1.82, 2.24) is 15.5 Å². The van der Waals surface area contributed by atoms with Gasteiger partial charge in [-0.1, -0.05) is 12.5 Å². The van der Waals surface area contributed by atoms with Gasteiger partial charge in [-0.05, 0) is 55.9 Å². The number of likely N-dealkylation sites (tertiary alicyclic amines) is 1. The zero-order valence-electron chi connectivity index (χ0n) is 15.9. The molecule has 150 valence electrons. The molecule has 1 aliphatic rings. The van der Waals surface area contributed by atoms with Gasteiger partial charge in [0.2, 0.25) is 0 Å². The largest absolute Gasteiger partial charge is 0.469 e. The van der Waals surface area contributed by atoms with E-state index in [-0.39, 0.29) is 24.0 Å². The number of nitrogens with zero attached hydrogens (tertiary/aromatic N) is 2. The molecule has 0 saturated carbocycles. The van der Waals surface area contributed by atoms with Crippen LogP contribution in [0.4, 0.5) is 0 Å². The fraction of sp³-hybridized carbons (Fsp3) is 0.550. The maximum Gasteiger partial charge on any atom is 0.191 e. The van der Waals surface area contributed by atoms with Gasteiger partial charge in [0.1, 0.15) is 5.76 Å². The second-order valence-corrected chi connectivity index (χ2v) is 7.68. The number of halogens is 1. The van der Waals surface area contributed by atoms with E-state index < -0.39 is 0 Å². The summed E-state index contributed by atoms with van der Waals surface area (Å²) in [6.07, 6.45) is 7.66. The Kier molecular flexibility index (Phi) is 10.8. The normalized spacial score (nSPS) is 15.3. The number of hydrogen-bond acceptors (Lipinski definition) is 4. The predicted octanol–water partition coefficient (Wildman–Crippen LogP) is 3.77. The van der Waals surface area contributed by atoms with E-state index >= 15 is 0 Å². The Hall–Kier alpha value is -1.06. The highest BCUT2D eigenvalue weighted by Crippen LogP contribution is 2.08. The Morgan fingerprint density at radius 2 is 1.89 bits per heavy atom. The number of guanidine groups is 1. The van der Waals surface area contributed by atoms with E-state index in [0.29, 0.717) is 0 Å². The van der Waals surface area contributed by atoms with Crippen molar-refractivity contribution in [3.63, 3.8) is 0 Å². The lowest BCUT2D eigenvalue weighted by Crippen LogP contribution is -2.40. The van der Waals surface area contributed by atoms with Gasteiger partial charge >= 0.3 is 0 Å². The van der Waals surface area contributed by atoms with Crippen molar-refractivity contribution in [3.05, 3.63) is 46.5 Å². The van der Waals surface area contributed by atoms with Crippen LogP contribution in [0.5, 0.6) is 0 Å². The first-order valence-corrected chi connectivity index (χ1v) is 10.6. The van der Waals surface area contributed by atoms with Crippen molar-refractivity contribution in [2.75, 3.05) is 39.3 Å². The molecular formula is C20H31IN4OS. The number of thiophene rings is 1. The maximum absolute atomic E-state index is 5.40.